The van der Waals surface area contributed by atoms with E-state index in [4.69, 9.17) is 5.73 Å². The van der Waals surface area contributed by atoms with Crippen LogP contribution in [0.4, 0.5) is 15.8 Å². The van der Waals surface area contributed by atoms with E-state index < -0.39 is 5.82 Å². The second-order valence-electron chi connectivity index (χ2n) is 3.71. The highest BCUT2D eigenvalue weighted by Gasteiger charge is 2.08. The molecule has 0 aromatic heterocycles. The van der Waals surface area contributed by atoms with Crippen molar-refractivity contribution in [1.82, 2.24) is 0 Å². The summed E-state index contributed by atoms with van der Waals surface area (Å²) in [6.07, 6.45) is 0. The number of hydrogen-bond donors (Lipinski definition) is 2. The molecule has 2 aromatic carbocycles. The van der Waals surface area contributed by atoms with Gasteiger partial charge < -0.3 is 11.1 Å². The molecule has 5 heteroatoms. The van der Waals surface area contributed by atoms with E-state index in [9.17, 15) is 9.18 Å². The maximum Gasteiger partial charge on any atom is 0.255 e. The SMILES string of the molecule is Nc1ccc(NC(=O)c2ccc(Br)c(F)c2)cc1. The van der Waals surface area contributed by atoms with Crippen LogP contribution in [-0.4, -0.2) is 5.91 Å². The van der Waals surface area contributed by atoms with Crippen LogP contribution in [0, 0.1) is 5.82 Å². The molecule has 0 saturated carbocycles. The van der Waals surface area contributed by atoms with Gasteiger partial charge in [-0.25, -0.2) is 4.39 Å². The smallest absolute Gasteiger partial charge is 0.255 e. The average molecular weight is 309 g/mol. The maximum atomic E-state index is 13.3. The fraction of sp³-hybridized carbons (Fsp3) is 0. The number of rotatable bonds is 2. The third-order valence-electron chi connectivity index (χ3n) is 2.35. The molecule has 0 radical (unpaired) electrons. The molecule has 1 amide bonds. The predicted octanol–water partition coefficient (Wildman–Crippen LogP) is 3.42. The average Bonchev–Trinajstić information content (AvgIpc) is 2.35. The third kappa shape index (κ3) is 2.87. The molecule has 3 nitrogen and oxygen atoms in total. The summed E-state index contributed by atoms with van der Waals surface area (Å²) in [5.41, 5.74) is 7.02. The monoisotopic (exact) mass is 308 g/mol. The second kappa shape index (κ2) is 5.18. The molecule has 0 unspecified atom stereocenters. The van der Waals surface area contributed by atoms with E-state index in [1.807, 2.05) is 0 Å². The number of amides is 1. The lowest BCUT2D eigenvalue weighted by Crippen LogP contribution is -2.12. The molecule has 0 heterocycles. The number of benzene rings is 2. The van der Waals surface area contributed by atoms with Gasteiger partial charge in [-0.15, -0.1) is 0 Å². The Morgan fingerprint density at radius 3 is 2.44 bits per heavy atom. The number of nitrogen functional groups attached to an aromatic ring is 1. The first-order chi connectivity index (χ1) is 8.56. The van der Waals surface area contributed by atoms with Crippen LogP contribution in [0.5, 0.6) is 0 Å². The number of hydrogen-bond acceptors (Lipinski definition) is 2. The van der Waals surface area contributed by atoms with Gasteiger partial charge in [-0.3, -0.25) is 4.79 Å². The summed E-state index contributed by atoms with van der Waals surface area (Å²) in [7, 11) is 0. The van der Waals surface area contributed by atoms with Crippen molar-refractivity contribution in [3.05, 3.63) is 58.3 Å². The molecule has 0 atom stereocenters. The van der Waals surface area contributed by atoms with E-state index in [0.717, 1.165) is 0 Å². The number of halogens is 2. The van der Waals surface area contributed by atoms with Crippen LogP contribution in [0.15, 0.2) is 46.9 Å². The van der Waals surface area contributed by atoms with Gasteiger partial charge in [0, 0.05) is 16.9 Å². The molecule has 3 N–H and O–H groups in total. The Hall–Kier alpha value is -1.88. The minimum absolute atomic E-state index is 0.257. The van der Waals surface area contributed by atoms with Crippen molar-refractivity contribution in [3.8, 4) is 0 Å². The lowest BCUT2D eigenvalue weighted by molar-refractivity contribution is 0.102. The lowest BCUT2D eigenvalue weighted by atomic mass is 10.2. The second-order valence-corrected chi connectivity index (χ2v) is 4.56. The number of nitrogens with two attached hydrogens (primary N) is 1. The standard InChI is InChI=1S/C13H10BrFN2O/c14-11-6-1-8(7-12(11)15)13(18)17-10-4-2-9(16)3-5-10/h1-7H,16H2,(H,17,18). The van der Waals surface area contributed by atoms with Gasteiger partial charge in [-0.2, -0.15) is 0 Å². The zero-order valence-electron chi connectivity index (χ0n) is 9.28. The predicted molar refractivity (Wildman–Crippen MR) is 72.9 cm³/mol. The normalized spacial score (nSPS) is 10.1. The Morgan fingerprint density at radius 2 is 1.83 bits per heavy atom. The van der Waals surface area contributed by atoms with Crippen molar-refractivity contribution >= 4 is 33.2 Å². The summed E-state index contributed by atoms with van der Waals surface area (Å²) in [6, 6.07) is 10.9. The molecule has 0 aliphatic rings. The summed E-state index contributed by atoms with van der Waals surface area (Å²) in [5, 5.41) is 2.66. The first-order valence-electron chi connectivity index (χ1n) is 5.18. The van der Waals surface area contributed by atoms with Gasteiger partial charge in [-0.1, -0.05) is 0 Å². The molecule has 2 rings (SSSR count). The largest absolute Gasteiger partial charge is 0.399 e. The van der Waals surface area contributed by atoms with Crippen LogP contribution in [0.2, 0.25) is 0 Å². The first-order valence-corrected chi connectivity index (χ1v) is 5.97. The Bertz CT molecular complexity index is 584. The molecule has 0 bridgehead atoms. The van der Waals surface area contributed by atoms with Crippen LogP contribution in [0.25, 0.3) is 0 Å². The van der Waals surface area contributed by atoms with Crippen LogP contribution in [0.1, 0.15) is 10.4 Å². The number of nitrogens with one attached hydrogen (secondary N) is 1. The molecule has 92 valence electrons. The van der Waals surface area contributed by atoms with Crippen molar-refractivity contribution in [2.24, 2.45) is 0 Å². The molecule has 18 heavy (non-hydrogen) atoms. The Morgan fingerprint density at radius 1 is 1.17 bits per heavy atom. The molecule has 2 aromatic rings. The number of carbonyl (C=O) groups is 1. The number of carbonyl (C=O) groups excluding carboxylic acids is 1. The van der Waals surface area contributed by atoms with Gasteiger partial charge in [0.05, 0.1) is 4.47 Å². The summed E-state index contributed by atoms with van der Waals surface area (Å²) in [5.74, 6) is -0.842. The highest BCUT2D eigenvalue weighted by atomic mass is 79.9. The van der Waals surface area contributed by atoms with Crippen molar-refractivity contribution in [1.29, 1.82) is 0 Å². The van der Waals surface area contributed by atoms with E-state index in [-0.39, 0.29) is 11.5 Å². The van der Waals surface area contributed by atoms with Gasteiger partial charge >= 0.3 is 0 Å². The molecular formula is C13H10BrFN2O. The van der Waals surface area contributed by atoms with E-state index in [0.29, 0.717) is 15.8 Å². The van der Waals surface area contributed by atoms with Crippen LogP contribution in [-0.2, 0) is 0 Å². The van der Waals surface area contributed by atoms with Crippen molar-refractivity contribution in [2.75, 3.05) is 11.1 Å². The van der Waals surface area contributed by atoms with Gasteiger partial charge in [0.2, 0.25) is 0 Å². The molecule has 0 saturated heterocycles. The van der Waals surface area contributed by atoms with E-state index in [2.05, 4.69) is 21.2 Å². The summed E-state index contributed by atoms with van der Waals surface area (Å²) < 4.78 is 13.6. The Kier molecular flexibility index (Phi) is 3.62. The van der Waals surface area contributed by atoms with Crippen molar-refractivity contribution < 1.29 is 9.18 Å². The topological polar surface area (TPSA) is 55.1 Å². The van der Waals surface area contributed by atoms with Gasteiger partial charge in [-0.05, 0) is 58.4 Å². The third-order valence-corrected chi connectivity index (χ3v) is 2.99. The zero-order valence-corrected chi connectivity index (χ0v) is 10.9. The van der Waals surface area contributed by atoms with Crippen LogP contribution >= 0.6 is 15.9 Å². The van der Waals surface area contributed by atoms with Crippen molar-refractivity contribution in [2.45, 2.75) is 0 Å². The molecule has 0 spiro atoms. The van der Waals surface area contributed by atoms with Crippen LogP contribution < -0.4 is 11.1 Å². The van der Waals surface area contributed by atoms with Gasteiger partial charge in [0.25, 0.3) is 5.91 Å². The lowest BCUT2D eigenvalue weighted by Gasteiger charge is -2.06. The Labute approximate surface area is 112 Å². The van der Waals surface area contributed by atoms with E-state index in [1.165, 1.54) is 12.1 Å². The van der Waals surface area contributed by atoms with Gasteiger partial charge in [0.1, 0.15) is 5.82 Å². The summed E-state index contributed by atoms with van der Waals surface area (Å²) in [4.78, 5) is 11.8. The summed E-state index contributed by atoms with van der Waals surface area (Å²) in [6.45, 7) is 0. The fourth-order valence-electron chi connectivity index (χ4n) is 1.41. The Balaban J connectivity index is 2.16. The number of anilines is 2. The fourth-order valence-corrected chi connectivity index (χ4v) is 1.65. The summed E-state index contributed by atoms with van der Waals surface area (Å²) >= 11 is 3.03. The highest BCUT2D eigenvalue weighted by Crippen LogP contribution is 2.18. The molecule has 0 aliphatic heterocycles. The molecule has 0 fully saturated rings. The molecular weight excluding hydrogens is 299 g/mol. The van der Waals surface area contributed by atoms with Gasteiger partial charge in [0.15, 0.2) is 0 Å². The first kappa shape index (κ1) is 12.6. The van der Waals surface area contributed by atoms with Crippen LogP contribution in [0.3, 0.4) is 0 Å². The van der Waals surface area contributed by atoms with E-state index >= 15 is 0 Å². The zero-order chi connectivity index (χ0) is 13.1. The highest BCUT2D eigenvalue weighted by molar-refractivity contribution is 9.10. The maximum absolute atomic E-state index is 13.3. The minimum atomic E-state index is -0.472. The molecule has 0 aliphatic carbocycles. The van der Waals surface area contributed by atoms with Crippen molar-refractivity contribution in [3.63, 3.8) is 0 Å². The minimum Gasteiger partial charge on any atom is -0.399 e. The quantitative estimate of drug-likeness (QED) is 0.835. The van der Waals surface area contributed by atoms with E-state index in [1.54, 1.807) is 30.3 Å².